The van der Waals surface area contributed by atoms with Crippen LogP contribution < -0.4 is 0 Å². The highest BCUT2D eigenvalue weighted by atomic mass is 125. The average molecular weight is 306 g/mol. The molecule has 0 aliphatic heterocycles. The molecule has 0 bridgehead atoms. The van der Waals surface area contributed by atoms with E-state index in [4.69, 9.17) is 0 Å². The van der Waals surface area contributed by atoms with Gasteiger partial charge in [0.1, 0.15) is 5.65 Å². The molecular formula is C12H9IN2. The molecule has 3 rings (SSSR count). The summed E-state index contributed by atoms with van der Waals surface area (Å²) in [6, 6.07) is 10.5. The molecule has 0 radical (unpaired) electrons. The lowest BCUT2D eigenvalue weighted by molar-refractivity contribution is 1.21. The summed E-state index contributed by atoms with van der Waals surface area (Å²) in [5, 5.41) is 0. The molecule has 1 aromatic carbocycles. The smallest absolute Gasteiger partial charge is 0.138 e. The third-order valence-electron chi connectivity index (χ3n) is 2.52. The number of pyridine rings is 1. The second-order valence-corrected chi connectivity index (χ2v) is 4.92. The molecule has 2 nitrogen and oxygen atoms in total. The van der Waals surface area contributed by atoms with E-state index < -0.39 is 0 Å². The number of benzene rings is 1. The van der Waals surface area contributed by atoms with Gasteiger partial charge in [-0.1, -0.05) is 0 Å². The highest BCUT2D eigenvalue weighted by Gasteiger charge is 2.03. The van der Waals surface area contributed by atoms with Crippen LogP contribution in [0.15, 0.2) is 36.5 Å². The minimum absolute atomic E-state index is 1.02. The van der Waals surface area contributed by atoms with Crippen molar-refractivity contribution in [3.63, 3.8) is 0 Å². The Morgan fingerprint density at radius 2 is 2.07 bits per heavy atom. The van der Waals surface area contributed by atoms with Gasteiger partial charge in [0.15, 0.2) is 0 Å². The van der Waals surface area contributed by atoms with Crippen LogP contribution in [0.2, 0.25) is 0 Å². The number of imidazole rings is 1. The van der Waals surface area contributed by atoms with Crippen molar-refractivity contribution in [1.82, 2.24) is 9.38 Å². The third-order valence-corrected chi connectivity index (χ3v) is 3.19. The van der Waals surface area contributed by atoms with Crippen LogP contribution in [0.5, 0.6) is 0 Å². The number of fused-ring (bicyclic) bond motifs is 3. The van der Waals surface area contributed by atoms with E-state index in [0.29, 0.717) is 0 Å². The number of nitrogens with zero attached hydrogens (tertiary/aromatic N) is 2. The predicted molar refractivity (Wildman–Crippen MR) is 70.2 cm³/mol. The van der Waals surface area contributed by atoms with Gasteiger partial charge in [0.2, 0.25) is 0 Å². The number of hydrogen-bond donors (Lipinski definition) is 0. The molecule has 0 saturated carbocycles. The van der Waals surface area contributed by atoms with Gasteiger partial charge >= 0.3 is 0 Å². The Morgan fingerprint density at radius 3 is 2.93 bits per heavy atom. The molecule has 0 unspecified atom stereocenters. The van der Waals surface area contributed by atoms with Crippen LogP contribution in [0.25, 0.3) is 16.7 Å². The molecule has 0 atom stereocenters. The summed E-state index contributed by atoms with van der Waals surface area (Å²) in [6.45, 7) is 2.09. The Balaban J connectivity index is 2.51. The second kappa shape index (κ2) is 3.20. The largest absolute Gasteiger partial charge is 0.300 e. The van der Waals surface area contributed by atoms with Crippen LogP contribution in [-0.2, 0) is 0 Å². The van der Waals surface area contributed by atoms with Crippen molar-refractivity contribution >= 4 is 39.3 Å². The lowest BCUT2D eigenvalue weighted by Gasteiger charge is -1.96. The van der Waals surface area contributed by atoms with Crippen LogP contribution in [0.4, 0.5) is 0 Å². The highest BCUT2D eigenvalue weighted by molar-refractivity contribution is 14.1. The Kier molecular flexibility index (Phi) is 1.95. The van der Waals surface area contributed by atoms with Gasteiger partial charge in [-0.15, -0.1) is 0 Å². The molecule has 0 aliphatic rings. The zero-order valence-corrected chi connectivity index (χ0v) is 10.4. The number of halogens is 1. The van der Waals surface area contributed by atoms with E-state index in [1.54, 1.807) is 0 Å². The van der Waals surface area contributed by atoms with Crippen molar-refractivity contribution in [3.05, 3.63) is 45.7 Å². The first-order chi connectivity index (χ1) is 7.24. The van der Waals surface area contributed by atoms with Gasteiger partial charge in [-0.25, -0.2) is 4.98 Å². The van der Waals surface area contributed by atoms with E-state index in [9.17, 15) is 0 Å². The SMILES string of the molecule is Cc1ccn2c(c1)nc1cc([125I])ccc12. The van der Waals surface area contributed by atoms with Gasteiger partial charge in [0.05, 0.1) is 11.0 Å². The lowest BCUT2D eigenvalue weighted by Crippen LogP contribution is -1.84. The normalized spacial score (nSPS) is 11.3. The summed E-state index contributed by atoms with van der Waals surface area (Å²) < 4.78 is 3.35. The van der Waals surface area contributed by atoms with Gasteiger partial charge in [-0.3, -0.25) is 4.40 Å². The summed E-state index contributed by atoms with van der Waals surface area (Å²) in [7, 11) is 0. The van der Waals surface area contributed by atoms with Crippen LogP contribution in [0.3, 0.4) is 0 Å². The Bertz CT molecular complexity index is 599. The quantitative estimate of drug-likeness (QED) is 0.582. The topological polar surface area (TPSA) is 17.3 Å². The van der Waals surface area contributed by atoms with Crippen LogP contribution in [0, 0.1) is 10.5 Å². The lowest BCUT2D eigenvalue weighted by atomic mass is 10.3. The number of aryl methyl sites for hydroxylation is 1. The maximum Gasteiger partial charge on any atom is 0.138 e. The first-order valence-electron chi connectivity index (χ1n) is 4.78. The molecule has 15 heavy (non-hydrogen) atoms. The summed E-state index contributed by atoms with van der Waals surface area (Å²) >= 11 is 2.31. The van der Waals surface area contributed by atoms with Crippen LogP contribution in [-0.4, -0.2) is 9.38 Å². The fourth-order valence-electron chi connectivity index (χ4n) is 1.79. The molecular weight excluding hydrogens is 297 g/mol. The van der Waals surface area contributed by atoms with Gasteiger partial charge in [-0.2, -0.15) is 0 Å². The monoisotopic (exact) mass is 306 g/mol. The minimum Gasteiger partial charge on any atom is -0.300 e. The van der Waals surface area contributed by atoms with Crippen molar-refractivity contribution in [2.24, 2.45) is 0 Å². The fraction of sp³-hybridized carbons (Fsp3) is 0.0833. The third kappa shape index (κ3) is 1.42. The summed E-state index contributed by atoms with van der Waals surface area (Å²) in [5.41, 5.74) is 4.50. The highest BCUT2D eigenvalue weighted by Crippen LogP contribution is 2.19. The Labute approximate surface area is 101 Å². The first-order valence-corrected chi connectivity index (χ1v) is 5.86. The van der Waals surface area contributed by atoms with Crippen molar-refractivity contribution < 1.29 is 0 Å². The van der Waals surface area contributed by atoms with E-state index in [1.807, 2.05) is 0 Å². The number of aromatic nitrogens is 2. The molecule has 0 saturated heterocycles. The minimum atomic E-state index is 1.02. The predicted octanol–water partition coefficient (Wildman–Crippen LogP) is 3.40. The average Bonchev–Trinajstić information content (AvgIpc) is 2.53. The second-order valence-electron chi connectivity index (χ2n) is 3.68. The molecule has 0 fully saturated rings. The van der Waals surface area contributed by atoms with E-state index in [1.165, 1.54) is 14.7 Å². The maximum atomic E-state index is 4.60. The molecule has 2 aromatic heterocycles. The van der Waals surface area contributed by atoms with Crippen LogP contribution >= 0.6 is 22.6 Å². The van der Waals surface area contributed by atoms with Crippen molar-refractivity contribution in [2.45, 2.75) is 6.92 Å². The van der Waals surface area contributed by atoms with E-state index in [0.717, 1.165) is 11.2 Å². The van der Waals surface area contributed by atoms with E-state index in [-0.39, 0.29) is 0 Å². The molecule has 0 spiro atoms. The maximum absolute atomic E-state index is 4.60. The van der Waals surface area contributed by atoms with Gasteiger partial charge < -0.3 is 0 Å². The number of hydrogen-bond acceptors (Lipinski definition) is 1. The van der Waals surface area contributed by atoms with E-state index in [2.05, 4.69) is 75.4 Å². The molecule has 74 valence electrons. The summed E-state index contributed by atoms with van der Waals surface area (Å²) in [4.78, 5) is 4.60. The molecule has 3 heteroatoms. The standard InChI is InChI=1S/C12H9IN2/c1-8-4-5-15-11-3-2-9(13)7-10(11)14-12(15)6-8/h2-7H,1H3/i13-2. The van der Waals surface area contributed by atoms with Gasteiger partial charge in [0, 0.05) is 9.77 Å². The molecule has 0 aliphatic carbocycles. The Morgan fingerprint density at radius 1 is 1.20 bits per heavy atom. The molecule has 3 aromatic rings. The van der Waals surface area contributed by atoms with Crippen molar-refractivity contribution in [3.8, 4) is 0 Å². The first kappa shape index (κ1) is 9.15. The zero-order valence-electron chi connectivity index (χ0n) is 8.24. The van der Waals surface area contributed by atoms with E-state index >= 15 is 0 Å². The molecule has 2 heterocycles. The summed E-state index contributed by atoms with van der Waals surface area (Å²) in [6.07, 6.45) is 2.08. The fourth-order valence-corrected chi connectivity index (χ4v) is 2.27. The Hall–Kier alpha value is -1.10. The van der Waals surface area contributed by atoms with Gasteiger partial charge in [0.25, 0.3) is 0 Å². The van der Waals surface area contributed by atoms with Gasteiger partial charge in [-0.05, 0) is 65.4 Å². The zero-order chi connectivity index (χ0) is 10.4. The summed E-state index contributed by atoms with van der Waals surface area (Å²) in [5.74, 6) is 0. The van der Waals surface area contributed by atoms with Crippen molar-refractivity contribution in [1.29, 1.82) is 0 Å². The van der Waals surface area contributed by atoms with Crippen LogP contribution in [0.1, 0.15) is 5.56 Å². The molecule has 0 amide bonds. The van der Waals surface area contributed by atoms with Crippen molar-refractivity contribution in [2.75, 3.05) is 0 Å². The number of rotatable bonds is 0. The molecule has 0 N–H and O–H groups in total.